The molecule has 1 aromatic heterocycles. The van der Waals surface area contributed by atoms with Crippen molar-refractivity contribution in [2.45, 2.75) is 70.8 Å². The zero-order valence-corrected chi connectivity index (χ0v) is 13.0. The van der Waals surface area contributed by atoms with Crippen LogP contribution in [0.1, 0.15) is 76.5 Å². The minimum Gasteiger partial charge on any atom is -0.451 e. The summed E-state index contributed by atoms with van der Waals surface area (Å²) in [4.78, 5) is 16.7. The van der Waals surface area contributed by atoms with E-state index in [1.54, 1.807) is 0 Å². The van der Waals surface area contributed by atoms with Crippen LogP contribution in [0.25, 0.3) is 0 Å². The summed E-state index contributed by atoms with van der Waals surface area (Å²) in [6.45, 7) is 2.17. The second kappa shape index (κ2) is 8.32. The highest BCUT2D eigenvalue weighted by Crippen LogP contribution is 2.36. The molecule has 1 N–H and O–H groups in total. The SMILES string of the molecule is CCCC[C@H]1CCCCCCC(=O)[C@@H]1C(O)c1cocn1. The molecular formula is C17H27NO3. The third-order valence-corrected chi connectivity index (χ3v) is 4.65. The van der Waals surface area contributed by atoms with E-state index in [2.05, 4.69) is 11.9 Å². The lowest BCUT2D eigenvalue weighted by Gasteiger charge is -2.29. The van der Waals surface area contributed by atoms with Gasteiger partial charge in [-0.1, -0.05) is 39.0 Å². The number of aromatic nitrogens is 1. The van der Waals surface area contributed by atoms with E-state index < -0.39 is 6.10 Å². The largest absolute Gasteiger partial charge is 0.451 e. The van der Waals surface area contributed by atoms with E-state index in [-0.39, 0.29) is 17.6 Å². The maximum absolute atomic E-state index is 12.6. The number of carbonyl (C=O) groups excluding carboxylic acids is 1. The molecule has 0 saturated heterocycles. The van der Waals surface area contributed by atoms with E-state index >= 15 is 0 Å². The highest BCUT2D eigenvalue weighted by Gasteiger charge is 2.35. The van der Waals surface area contributed by atoms with Gasteiger partial charge in [0.15, 0.2) is 6.39 Å². The molecule has 1 aromatic rings. The van der Waals surface area contributed by atoms with Crippen molar-refractivity contribution >= 4 is 5.78 Å². The molecule has 1 heterocycles. The monoisotopic (exact) mass is 293 g/mol. The third-order valence-electron chi connectivity index (χ3n) is 4.65. The lowest BCUT2D eigenvalue weighted by molar-refractivity contribution is -0.129. The molecule has 0 bridgehead atoms. The van der Waals surface area contributed by atoms with Crippen molar-refractivity contribution in [3.63, 3.8) is 0 Å². The number of carbonyl (C=O) groups is 1. The maximum atomic E-state index is 12.6. The summed E-state index contributed by atoms with van der Waals surface area (Å²) >= 11 is 0. The van der Waals surface area contributed by atoms with Crippen LogP contribution in [-0.2, 0) is 4.79 Å². The number of Topliss-reactive ketones (excluding diaryl/α,β-unsaturated/α-hetero) is 1. The van der Waals surface area contributed by atoms with Crippen molar-refractivity contribution in [2.24, 2.45) is 11.8 Å². The molecule has 0 spiro atoms. The number of rotatable bonds is 5. The van der Waals surface area contributed by atoms with Gasteiger partial charge in [0.1, 0.15) is 23.8 Å². The molecule has 2 rings (SSSR count). The Morgan fingerprint density at radius 1 is 1.38 bits per heavy atom. The van der Waals surface area contributed by atoms with Gasteiger partial charge in [-0.25, -0.2) is 4.98 Å². The zero-order valence-electron chi connectivity index (χ0n) is 13.0. The molecule has 1 saturated carbocycles. The van der Waals surface area contributed by atoms with Gasteiger partial charge in [0.2, 0.25) is 0 Å². The van der Waals surface area contributed by atoms with E-state index in [1.165, 1.54) is 19.1 Å². The van der Waals surface area contributed by atoms with E-state index in [0.29, 0.717) is 12.1 Å². The first-order chi connectivity index (χ1) is 10.2. The van der Waals surface area contributed by atoms with Gasteiger partial charge in [-0.3, -0.25) is 4.79 Å². The first-order valence-electron chi connectivity index (χ1n) is 8.33. The highest BCUT2D eigenvalue weighted by molar-refractivity contribution is 5.82. The number of oxazole rings is 1. The number of ketones is 1. The summed E-state index contributed by atoms with van der Waals surface area (Å²) < 4.78 is 4.98. The predicted octanol–water partition coefficient (Wildman–Crippen LogP) is 4.05. The smallest absolute Gasteiger partial charge is 0.180 e. The molecule has 118 valence electrons. The number of hydrogen-bond acceptors (Lipinski definition) is 4. The summed E-state index contributed by atoms with van der Waals surface area (Å²) in [6.07, 6.45) is 11.2. The van der Waals surface area contributed by atoms with E-state index in [4.69, 9.17) is 4.42 Å². The first-order valence-corrected chi connectivity index (χ1v) is 8.33. The van der Waals surface area contributed by atoms with Crippen molar-refractivity contribution in [1.29, 1.82) is 0 Å². The first kappa shape index (κ1) is 16.2. The average Bonchev–Trinajstić information content (AvgIpc) is 3.02. The van der Waals surface area contributed by atoms with Crippen LogP contribution < -0.4 is 0 Å². The molecule has 1 unspecified atom stereocenters. The number of unbranched alkanes of at least 4 members (excludes halogenated alkanes) is 1. The lowest BCUT2D eigenvalue weighted by Crippen LogP contribution is -2.30. The van der Waals surface area contributed by atoms with Gasteiger partial charge in [0, 0.05) is 6.42 Å². The number of aliphatic hydroxyl groups excluding tert-OH is 1. The third kappa shape index (κ3) is 4.40. The van der Waals surface area contributed by atoms with Gasteiger partial charge in [0.25, 0.3) is 0 Å². The number of aliphatic hydroxyl groups is 1. The fraction of sp³-hybridized carbons (Fsp3) is 0.765. The van der Waals surface area contributed by atoms with Gasteiger partial charge < -0.3 is 9.52 Å². The van der Waals surface area contributed by atoms with Crippen molar-refractivity contribution in [3.8, 4) is 0 Å². The van der Waals surface area contributed by atoms with Crippen LogP contribution in [0.4, 0.5) is 0 Å². The highest BCUT2D eigenvalue weighted by atomic mass is 16.3. The van der Waals surface area contributed by atoms with Crippen molar-refractivity contribution < 1.29 is 14.3 Å². The van der Waals surface area contributed by atoms with Crippen LogP contribution in [0.15, 0.2) is 17.1 Å². The van der Waals surface area contributed by atoms with E-state index in [1.807, 2.05) is 0 Å². The number of hydrogen-bond donors (Lipinski definition) is 1. The molecule has 1 aliphatic carbocycles. The standard InChI is InChI=1S/C17H27NO3/c1-2-3-8-13-9-6-4-5-7-10-15(19)16(13)17(20)14-11-21-12-18-14/h11-13,16-17,20H,2-10H2,1H3/t13-,16+,17?/m0/s1. The average molecular weight is 293 g/mol. The van der Waals surface area contributed by atoms with Crippen LogP contribution >= 0.6 is 0 Å². The zero-order chi connectivity index (χ0) is 15.1. The van der Waals surface area contributed by atoms with Crippen molar-refractivity contribution in [2.75, 3.05) is 0 Å². The van der Waals surface area contributed by atoms with Gasteiger partial charge in [-0.2, -0.15) is 0 Å². The molecule has 0 aromatic carbocycles. The summed E-state index contributed by atoms with van der Waals surface area (Å²) in [5.41, 5.74) is 0.495. The normalized spacial score (nSPS) is 25.9. The summed E-state index contributed by atoms with van der Waals surface area (Å²) in [5, 5.41) is 10.6. The van der Waals surface area contributed by atoms with Gasteiger partial charge >= 0.3 is 0 Å². The van der Waals surface area contributed by atoms with Crippen LogP contribution in [0.2, 0.25) is 0 Å². The Balaban J connectivity index is 2.19. The van der Waals surface area contributed by atoms with Gasteiger partial charge in [-0.05, 0) is 25.2 Å². The van der Waals surface area contributed by atoms with Crippen LogP contribution in [0, 0.1) is 11.8 Å². The Morgan fingerprint density at radius 2 is 2.19 bits per heavy atom. The summed E-state index contributed by atoms with van der Waals surface area (Å²) in [5.74, 6) is 0.149. The van der Waals surface area contributed by atoms with E-state index in [9.17, 15) is 9.90 Å². The van der Waals surface area contributed by atoms with Crippen LogP contribution in [0.3, 0.4) is 0 Å². The Bertz CT molecular complexity index is 416. The maximum Gasteiger partial charge on any atom is 0.180 e. The predicted molar refractivity (Wildman–Crippen MR) is 80.7 cm³/mol. The van der Waals surface area contributed by atoms with Crippen molar-refractivity contribution in [3.05, 3.63) is 18.4 Å². The molecular weight excluding hydrogens is 266 g/mol. The minimum absolute atomic E-state index is 0.202. The Kier molecular flexibility index (Phi) is 6.43. The Morgan fingerprint density at radius 3 is 2.90 bits per heavy atom. The molecule has 0 radical (unpaired) electrons. The summed E-state index contributed by atoms with van der Waals surface area (Å²) in [6, 6.07) is 0. The Hall–Kier alpha value is -1.16. The Labute approximate surface area is 127 Å². The van der Waals surface area contributed by atoms with E-state index in [0.717, 1.165) is 44.9 Å². The fourth-order valence-electron chi connectivity index (χ4n) is 3.44. The molecule has 21 heavy (non-hydrogen) atoms. The van der Waals surface area contributed by atoms with Gasteiger partial charge in [0.05, 0.1) is 5.92 Å². The van der Waals surface area contributed by atoms with Gasteiger partial charge in [-0.15, -0.1) is 0 Å². The molecule has 3 atom stereocenters. The topological polar surface area (TPSA) is 63.3 Å². The summed E-state index contributed by atoms with van der Waals surface area (Å²) in [7, 11) is 0. The van der Waals surface area contributed by atoms with Crippen LogP contribution in [0.5, 0.6) is 0 Å². The molecule has 0 amide bonds. The van der Waals surface area contributed by atoms with Crippen LogP contribution in [-0.4, -0.2) is 15.9 Å². The molecule has 1 fully saturated rings. The number of nitrogens with zero attached hydrogens (tertiary/aromatic N) is 1. The molecule has 4 nitrogen and oxygen atoms in total. The second-order valence-electron chi connectivity index (χ2n) is 6.21. The minimum atomic E-state index is -0.823. The molecule has 4 heteroatoms. The fourth-order valence-corrected chi connectivity index (χ4v) is 3.44. The quantitative estimate of drug-likeness (QED) is 0.889. The molecule has 0 aliphatic heterocycles. The molecule has 1 aliphatic rings. The van der Waals surface area contributed by atoms with Crippen molar-refractivity contribution in [1.82, 2.24) is 4.98 Å². The second-order valence-corrected chi connectivity index (χ2v) is 6.21. The lowest BCUT2D eigenvalue weighted by atomic mass is 9.77.